The number of ether oxygens (including phenoxy) is 2. The van der Waals surface area contributed by atoms with Crippen LogP contribution in [0.4, 0.5) is 11.4 Å². The van der Waals surface area contributed by atoms with E-state index in [0.29, 0.717) is 35.7 Å². The lowest BCUT2D eigenvalue weighted by molar-refractivity contribution is -0.115. The van der Waals surface area contributed by atoms with E-state index in [4.69, 9.17) is 9.47 Å². The number of amides is 2. The van der Waals surface area contributed by atoms with Crippen LogP contribution in [-0.4, -0.2) is 67.3 Å². The van der Waals surface area contributed by atoms with E-state index in [-0.39, 0.29) is 17.1 Å². The third kappa shape index (κ3) is 4.19. The molecule has 5 rings (SSSR count). The second-order valence-electron chi connectivity index (χ2n) is 8.26. The quantitative estimate of drug-likeness (QED) is 0.650. The van der Waals surface area contributed by atoms with Crippen LogP contribution in [0.15, 0.2) is 41.7 Å². The maximum Gasteiger partial charge on any atom is 0.259 e. The number of thioether (sulfide) groups is 1. The van der Waals surface area contributed by atoms with Gasteiger partial charge in [-0.2, -0.15) is 0 Å². The van der Waals surface area contributed by atoms with Crippen LogP contribution in [0.5, 0.6) is 11.5 Å². The minimum absolute atomic E-state index is 0.0897. The number of nitrogens with zero attached hydrogens (tertiary/aromatic N) is 3. The van der Waals surface area contributed by atoms with Crippen LogP contribution < -0.4 is 25.0 Å². The summed E-state index contributed by atoms with van der Waals surface area (Å²) in [4.78, 5) is 34.4. The molecule has 0 spiro atoms. The van der Waals surface area contributed by atoms with Gasteiger partial charge in [0, 0.05) is 37.9 Å². The van der Waals surface area contributed by atoms with Gasteiger partial charge in [-0.1, -0.05) is 17.8 Å². The molecule has 1 fully saturated rings. The van der Waals surface area contributed by atoms with E-state index in [1.165, 1.54) is 11.8 Å². The molecule has 2 N–H and O–H groups in total. The number of anilines is 2. The molecule has 1 aromatic carbocycles. The molecule has 1 unspecified atom stereocenters. The normalized spacial score (nSPS) is 19.6. The van der Waals surface area contributed by atoms with Crippen LogP contribution in [0.1, 0.15) is 22.3 Å². The van der Waals surface area contributed by atoms with Crippen molar-refractivity contribution in [3.8, 4) is 11.5 Å². The highest BCUT2D eigenvalue weighted by Gasteiger charge is 2.36. The van der Waals surface area contributed by atoms with Crippen LogP contribution in [0.2, 0.25) is 0 Å². The van der Waals surface area contributed by atoms with Crippen molar-refractivity contribution in [1.29, 1.82) is 0 Å². The van der Waals surface area contributed by atoms with Gasteiger partial charge < -0.3 is 25.0 Å². The maximum absolute atomic E-state index is 13.1. The number of allylic oxidation sites excluding steroid dienone is 1. The van der Waals surface area contributed by atoms with Gasteiger partial charge in [-0.15, -0.1) is 0 Å². The largest absolute Gasteiger partial charge is 0.493 e. The Balaban J connectivity index is 1.26. The lowest BCUT2D eigenvalue weighted by Gasteiger charge is -2.31. The molecular formula is C24H27N5O4S. The molecule has 0 bridgehead atoms. The third-order valence-corrected chi connectivity index (χ3v) is 7.57. The summed E-state index contributed by atoms with van der Waals surface area (Å²) in [5.74, 6) is 0.939. The maximum atomic E-state index is 13.1. The number of methoxy groups -OCH3 is 2. The molecule has 34 heavy (non-hydrogen) atoms. The number of hydrogen-bond acceptors (Lipinski definition) is 8. The number of carbonyl (C=O) groups is 2. The van der Waals surface area contributed by atoms with Crippen molar-refractivity contribution in [2.45, 2.75) is 18.2 Å². The number of carbonyl (C=O) groups excluding carboxylic acids is 2. The average molecular weight is 482 g/mol. The highest BCUT2D eigenvalue weighted by atomic mass is 32.2. The Bertz CT molecular complexity index is 1150. The summed E-state index contributed by atoms with van der Waals surface area (Å²) in [5, 5.41) is 6.89. The van der Waals surface area contributed by atoms with Crippen LogP contribution in [-0.2, 0) is 11.3 Å². The second-order valence-corrected chi connectivity index (χ2v) is 9.48. The van der Waals surface area contributed by atoms with Crippen LogP contribution in [0.3, 0.4) is 0 Å². The molecule has 0 aliphatic carbocycles. The molecule has 1 atom stereocenters. The summed E-state index contributed by atoms with van der Waals surface area (Å²) in [6, 6.07) is 5.51. The molecule has 0 saturated carbocycles. The van der Waals surface area contributed by atoms with Gasteiger partial charge >= 0.3 is 0 Å². The van der Waals surface area contributed by atoms with E-state index in [2.05, 4.69) is 20.5 Å². The Morgan fingerprint density at radius 3 is 2.74 bits per heavy atom. The Labute approximate surface area is 202 Å². The Hall–Kier alpha value is -3.24. The van der Waals surface area contributed by atoms with Gasteiger partial charge in [-0.05, 0) is 30.2 Å². The summed E-state index contributed by atoms with van der Waals surface area (Å²) in [6.45, 7) is 4.02. The predicted molar refractivity (Wildman–Crippen MR) is 131 cm³/mol. The predicted octanol–water partition coefficient (Wildman–Crippen LogP) is 2.45. The van der Waals surface area contributed by atoms with E-state index in [1.807, 2.05) is 18.2 Å². The van der Waals surface area contributed by atoms with Gasteiger partial charge in [-0.3, -0.25) is 19.5 Å². The van der Waals surface area contributed by atoms with Gasteiger partial charge in [0.15, 0.2) is 11.5 Å². The number of benzene rings is 1. The van der Waals surface area contributed by atoms with E-state index in [0.717, 1.165) is 42.5 Å². The van der Waals surface area contributed by atoms with Crippen molar-refractivity contribution in [3.05, 3.63) is 52.8 Å². The molecule has 0 radical (unpaired) electrons. The molecule has 4 heterocycles. The molecule has 2 aromatic rings. The third-order valence-electron chi connectivity index (χ3n) is 6.26. The first-order valence-corrected chi connectivity index (χ1v) is 12.1. The van der Waals surface area contributed by atoms with Crippen molar-refractivity contribution >= 4 is 35.0 Å². The van der Waals surface area contributed by atoms with E-state index in [9.17, 15) is 9.59 Å². The monoisotopic (exact) mass is 481 g/mol. The van der Waals surface area contributed by atoms with Gasteiger partial charge in [0.05, 0.1) is 48.6 Å². The zero-order chi connectivity index (χ0) is 23.7. The second kappa shape index (κ2) is 9.55. The Morgan fingerprint density at radius 1 is 1.21 bits per heavy atom. The van der Waals surface area contributed by atoms with Crippen LogP contribution >= 0.6 is 11.8 Å². The Morgan fingerprint density at radius 2 is 1.97 bits per heavy atom. The molecule has 9 nitrogen and oxygen atoms in total. The highest BCUT2D eigenvalue weighted by molar-refractivity contribution is 8.04. The molecule has 10 heteroatoms. The molecule has 3 aliphatic heterocycles. The number of fused-ring (bicyclic) bond motifs is 1. The van der Waals surface area contributed by atoms with Gasteiger partial charge in [-0.25, -0.2) is 0 Å². The van der Waals surface area contributed by atoms with Crippen molar-refractivity contribution in [2.75, 3.05) is 50.6 Å². The van der Waals surface area contributed by atoms with Crippen molar-refractivity contribution < 1.29 is 19.1 Å². The lowest BCUT2D eigenvalue weighted by Crippen LogP contribution is -2.44. The minimum atomic E-state index is -0.313. The lowest BCUT2D eigenvalue weighted by atomic mass is 10.1. The van der Waals surface area contributed by atoms with E-state index >= 15 is 0 Å². The Kier molecular flexibility index (Phi) is 6.34. The fourth-order valence-electron chi connectivity index (χ4n) is 4.48. The number of nitrogens with one attached hydrogen (secondary N) is 2. The average Bonchev–Trinajstić information content (AvgIpc) is 3.49. The first-order chi connectivity index (χ1) is 16.6. The summed E-state index contributed by atoms with van der Waals surface area (Å²) in [7, 11) is 3.13. The van der Waals surface area contributed by atoms with Gasteiger partial charge in [0.1, 0.15) is 0 Å². The van der Waals surface area contributed by atoms with Crippen molar-refractivity contribution in [1.82, 2.24) is 15.2 Å². The van der Waals surface area contributed by atoms with Crippen molar-refractivity contribution in [2.24, 2.45) is 0 Å². The number of rotatable bonds is 6. The summed E-state index contributed by atoms with van der Waals surface area (Å²) in [5.41, 5.74) is 3.18. The van der Waals surface area contributed by atoms with Gasteiger partial charge in [0.2, 0.25) is 5.91 Å². The van der Waals surface area contributed by atoms with E-state index in [1.54, 1.807) is 37.6 Å². The molecule has 178 valence electrons. The van der Waals surface area contributed by atoms with Gasteiger partial charge in [0.25, 0.3) is 5.91 Å². The molecule has 3 aliphatic rings. The minimum Gasteiger partial charge on any atom is -0.493 e. The molecule has 2 amide bonds. The summed E-state index contributed by atoms with van der Waals surface area (Å²) < 4.78 is 10.7. The molecule has 1 saturated heterocycles. The molecular weight excluding hydrogens is 454 g/mol. The van der Waals surface area contributed by atoms with Crippen molar-refractivity contribution in [3.63, 3.8) is 0 Å². The highest BCUT2D eigenvalue weighted by Crippen LogP contribution is 2.42. The van der Waals surface area contributed by atoms with Crippen LogP contribution in [0, 0.1) is 0 Å². The SMILES string of the molecule is COc1cc2c(cc1OC)C(=O)N(C1=CCC(C(=O)Nc3cnccc3N3CCNCC3)S1)C2. The topological polar surface area (TPSA) is 96.0 Å². The first-order valence-electron chi connectivity index (χ1n) is 11.2. The molecule has 1 aromatic heterocycles. The summed E-state index contributed by atoms with van der Waals surface area (Å²) in [6.07, 6.45) is 5.97. The fourth-order valence-corrected chi connectivity index (χ4v) is 5.60. The smallest absolute Gasteiger partial charge is 0.259 e. The summed E-state index contributed by atoms with van der Waals surface area (Å²) >= 11 is 1.42. The number of piperazine rings is 1. The number of aromatic nitrogens is 1. The zero-order valence-electron chi connectivity index (χ0n) is 19.2. The van der Waals surface area contributed by atoms with E-state index < -0.39 is 0 Å². The van der Waals surface area contributed by atoms with Crippen LogP contribution in [0.25, 0.3) is 0 Å². The zero-order valence-corrected chi connectivity index (χ0v) is 20.0. The standard InChI is InChI=1S/C24H27N5O4S/c1-32-19-11-15-14-29(24(31)16(15)12-20(19)33-2)22-4-3-21(34-22)23(30)27-17-13-26-6-5-18(17)28-9-7-25-8-10-28/h4-6,11-13,21,25H,3,7-10,14H2,1-2H3,(H,27,30). The number of pyridine rings is 1. The number of hydrogen-bond donors (Lipinski definition) is 2. The fraction of sp³-hybridized carbons (Fsp3) is 0.375. The first kappa shape index (κ1) is 22.5.